The molecule has 0 heterocycles. The summed E-state index contributed by atoms with van der Waals surface area (Å²) < 4.78 is 0. The molecule has 0 amide bonds. The third kappa shape index (κ3) is 7.08. The average molecular weight is 902 g/mol. The first-order valence-corrected chi connectivity index (χ1v) is 24.8. The van der Waals surface area contributed by atoms with Crippen LogP contribution in [0.15, 0.2) is 261 Å². The van der Waals surface area contributed by atoms with Gasteiger partial charge >= 0.3 is 0 Å². The summed E-state index contributed by atoms with van der Waals surface area (Å²) in [6.07, 6.45) is 1.58. The average Bonchev–Trinajstić information content (AvgIpc) is 3.44. The Morgan fingerprint density at radius 2 is 0.676 bits per heavy atom. The van der Waals surface area contributed by atoms with Gasteiger partial charge in [-0.05, 0) is 176 Å². The van der Waals surface area contributed by atoms with Crippen molar-refractivity contribution in [1.29, 1.82) is 0 Å². The van der Waals surface area contributed by atoms with E-state index in [4.69, 9.17) is 0 Å². The van der Waals surface area contributed by atoms with Gasteiger partial charge < -0.3 is 4.90 Å². The highest BCUT2D eigenvalue weighted by molar-refractivity contribution is 6.26. The molecule has 0 N–H and O–H groups in total. The topological polar surface area (TPSA) is 3.24 Å². The third-order valence-electron chi connectivity index (χ3n) is 15.1. The zero-order valence-corrected chi connectivity index (χ0v) is 39.2. The van der Waals surface area contributed by atoms with Crippen LogP contribution in [0, 0.1) is 0 Å². The van der Waals surface area contributed by atoms with Crippen molar-refractivity contribution in [2.45, 2.75) is 12.8 Å². The molecule has 14 rings (SSSR count). The normalized spacial score (nSPS) is 12.1. The number of fused-ring (bicyclic) bond motifs is 14. The molecule has 0 bridgehead atoms. The minimum Gasteiger partial charge on any atom is -0.310 e. The SMILES string of the molecule is c1ccc2c(c1)Cc1ccccc1-c1cccc(N(c3cc(-c4ccc5ccccc5c4)cc(-c4ccc5ccccc5c4)c3)c3ccc4c5ccccc5c5ccccc5c4c3)c1Cc1ccccc1-2. The maximum Gasteiger partial charge on any atom is 0.0503 e. The van der Waals surface area contributed by atoms with Gasteiger partial charge in [-0.1, -0.05) is 212 Å². The number of hydrogen-bond acceptors (Lipinski definition) is 1. The molecule has 0 spiro atoms. The predicted octanol–water partition coefficient (Wildman–Crippen LogP) is 19.1. The summed E-state index contributed by atoms with van der Waals surface area (Å²) in [6.45, 7) is 0. The second-order valence-corrected chi connectivity index (χ2v) is 19.2. The van der Waals surface area contributed by atoms with Crippen molar-refractivity contribution in [3.8, 4) is 44.5 Å². The quantitative estimate of drug-likeness (QED) is 0.156. The Morgan fingerprint density at radius 3 is 1.24 bits per heavy atom. The van der Waals surface area contributed by atoms with Crippen molar-refractivity contribution in [1.82, 2.24) is 0 Å². The van der Waals surface area contributed by atoms with E-state index in [2.05, 4.69) is 266 Å². The minimum absolute atomic E-state index is 0.740. The molecule has 0 unspecified atom stereocenters. The highest BCUT2D eigenvalue weighted by atomic mass is 15.1. The van der Waals surface area contributed by atoms with E-state index < -0.39 is 0 Å². The van der Waals surface area contributed by atoms with E-state index in [0.29, 0.717) is 0 Å². The maximum absolute atomic E-state index is 2.57. The van der Waals surface area contributed by atoms with Crippen LogP contribution in [0.25, 0.3) is 98.4 Å². The summed E-state index contributed by atoms with van der Waals surface area (Å²) in [5.41, 5.74) is 18.4. The Balaban J connectivity index is 1.09. The van der Waals surface area contributed by atoms with Crippen molar-refractivity contribution in [3.05, 3.63) is 283 Å². The smallest absolute Gasteiger partial charge is 0.0503 e. The molecule has 0 fully saturated rings. The number of hydrogen-bond donors (Lipinski definition) is 0. The van der Waals surface area contributed by atoms with Gasteiger partial charge in [-0.3, -0.25) is 0 Å². The highest BCUT2D eigenvalue weighted by Crippen LogP contribution is 2.48. The zero-order valence-electron chi connectivity index (χ0n) is 39.2. The molecule has 0 aromatic heterocycles. The molecule has 1 aliphatic rings. The fourth-order valence-electron chi connectivity index (χ4n) is 11.7. The Hall–Kier alpha value is -9.04. The van der Waals surface area contributed by atoms with Crippen LogP contribution in [-0.2, 0) is 12.8 Å². The summed E-state index contributed by atoms with van der Waals surface area (Å²) in [4.78, 5) is 2.57. The number of benzene rings is 13. The Labute approximate surface area is 414 Å². The van der Waals surface area contributed by atoms with Gasteiger partial charge in [-0.2, -0.15) is 0 Å². The van der Waals surface area contributed by atoms with Crippen LogP contribution in [0.5, 0.6) is 0 Å². The van der Waals surface area contributed by atoms with E-state index in [-0.39, 0.29) is 0 Å². The molecule has 13 aromatic carbocycles. The van der Waals surface area contributed by atoms with Crippen LogP contribution in [0.1, 0.15) is 22.3 Å². The summed E-state index contributed by atoms with van der Waals surface area (Å²) >= 11 is 0. The maximum atomic E-state index is 2.57. The van der Waals surface area contributed by atoms with Crippen LogP contribution in [0.4, 0.5) is 17.1 Å². The Morgan fingerprint density at radius 1 is 0.239 bits per heavy atom. The van der Waals surface area contributed by atoms with E-state index in [1.165, 1.54) is 109 Å². The molecule has 71 heavy (non-hydrogen) atoms. The van der Waals surface area contributed by atoms with Crippen LogP contribution >= 0.6 is 0 Å². The molecule has 332 valence electrons. The lowest BCUT2D eigenvalue weighted by molar-refractivity contribution is 1.13. The van der Waals surface area contributed by atoms with Gasteiger partial charge in [0.15, 0.2) is 0 Å². The van der Waals surface area contributed by atoms with E-state index in [1.54, 1.807) is 0 Å². The first-order valence-electron chi connectivity index (χ1n) is 24.8. The van der Waals surface area contributed by atoms with Crippen molar-refractivity contribution in [2.75, 3.05) is 4.90 Å². The molecule has 1 nitrogen and oxygen atoms in total. The lowest BCUT2D eigenvalue weighted by Crippen LogP contribution is -2.14. The Bertz CT molecular complexity index is 4120. The van der Waals surface area contributed by atoms with Gasteiger partial charge in [0.05, 0.1) is 5.69 Å². The second kappa shape index (κ2) is 16.9. The molecule has 0 saturated heterocycles. The van der Waals surface area contributed by atoms with Crippen molar-refractivity contribution >= 4 is 70.9 Å². The van der Waals surface area contributed by atoms with Crippen molar-refractivity contribution in [3.63, 3.8) is 0 Å². The van der Waals surface area contributed by atoms with Crippen LogP contribution < -0.4 is 4.90 Å². The molecule has 0 radical (unpaired) electrons. The predicted molar refractivity (Wildman–Crippen MR) is 302 cm³/mol. The van der Waals surface area contributed by atoms with Crippen LogP contribution in [0.3, 0.4) is 0 Å². The van der Waals surface area contributed by atoms with E-state index in [1.807, 2.05) is 0 Å². The van der Waals surface area contributed by atoms with E-state index in [9.17, 15) is 0 Å². The lowest BCUT2D eigenvalue weighted by atomic mass is 9.83. The molecule has 0 atom stereocenters. The summed E-state index contributed by atoms with van der Waals surface area (Å²) in [5.74, 6) is 0. The third-order valence-corrected chi connectivity index (χ3v) is 15.1. The van der Waals surface area contributed by atoms with Crippen LogP contribution in [0.2, 0.25) is 0 Å². The molecule has 0 aliphatic heterocycles. The molecule has 1 aliphatic carbocycles. The van der Waals surface area contributed by atoms with Gasteiger partial charge in [0, 0.05) is 17.8 Å². The van der Waals surface area contributed by atoms with Crippen molar-refractivity contribution < 1.29 is 0 Å². The number of anilines is 3. The van der Waals surface area contributed by atoms with E-state index >= 15 is 0 Å². The monoisotopic (exact) mass is 901 g/mol. The molecule has 13 aromatic rings. The van der Waals surface area contributed by atoms with Gasteiger partial charge in [0.2, 0.25) is 0 Å². The van der Waals surface area contributed by atoms with Gasteiger partial charge in [-0.25, -0.2) is 0 Å². The second-order valence-electron chi connectivity index (χ2n) is 19.2. The largest absolute Gasteiger partial charge is 0.310 e. The number of nitrogens with zero attached hydrogens (tertiary/aromatic N) is 1. The first kappa shape index (κ1) is 41.0. The molecular weight excluding hydrogens is 855 g/mol. The summed E-state index contributed by atoms with van der Waals surface area (Å²) in [5, 5.41) is 12.5. The van der Waals surface area contributed by atoms with E-state index in [0.717, 1.165) is 41.0 Å². The summed E-state index contributed by atoms with van der Waals surface area (Å²) in [7, 11) is 0. The Kier molecular flexibility index (Phi) is 9.74. The fourth-order valence-corrected chi connectivity index (χ4v) is 11.7. The minimum atomic E-state index is 0.740. The van der Waals surface area contributed by atoms with Crippen molar-refractivity contribution in [2.24, 2.45) is 0 Å². The standard InChI is InChI=1S/C70H47N/c1-3-18-48-38-50(34-32-46(48)16-1)55-41-56(51-35-33-47-17-2-4-19-49(47)39-51)43-58(42-55)71(57-36-37-67-65-28-12-11-26-63(65)64-27-13-14-29-66(64)68(67)45-57)70-31-15-30-62-61-25-10-6-21-53(61)40-52-20-5-8-23-59(52)60-24-9-7-22-54(60)44-69(62)70/h1-39,41-43,45H,40,44H2. The first-order chi connectivity index (χ1) is 35.2. The van der Waals surface area contributed by atoms with Gasteiger partial charge in [0.1, 0.15) is 0 Å². The lowest BCUT2D eigenvalue weighted by Gasteiger charge is -2.31. The zero-order chi connectivity index (χ0) is 46.8. The van der Waals surface area contributed by atoms with Gasteiger partial charge in [-0.15, -0.1) is 0 Å². The molecule has 1 heteroatoms. The fraction of sp³-hybridized carbons (Fsp3) is 0.0286. The van der Waals surface area contributed by atoms with Gasteiger partial charge in [0.25, 0.3) is 0 Å². The molecule has 0 saturated carbocycles. The van der Waals surface area contributed by atoms with Crippen LogP contribution in [-0.4, -0.2) is 0 Å². The highest BCUT2D eigenvalue weighted by Gasteiger charge is 2.25. The molecular formula is C70H47N. The summed E-state index contributed by atoms with van der Waals surface area (Å²) in [6, 6.07) is 97.6. The number of rotatable bonds is 5.